The molecule has 3 N–H and O–H groups in total. The number of benzene rings is 2. The summed E-state index contributed by atoms with van der Waals surface area (Å²) < 4.78 is 13.0. The summed E-state index contributed by atoms with van der Waals surface area (Å²) in [5, 5.41) is 6.79. The van der Waals surface area contributed by atoms with Crippen LogP contribution >= 0.6 is 0 Å². The molecular weight excluding hydrogens is 381 g/mol. The number of pyridine rings is 1. The Morgan fingerprint density at radius 1 is 1.10 bits per heavy atom. The number of aromatic nitrogens is 2. The van der Waals surface area contributed by atoms with E-state index in [9.17, 15) is 9.18 Å². The molecule has 0 bridgehead atoms. The molecule has 1 aliphatic heterocycles. The maximum absolute atomic E-state index is 13.0. The number of urea groups is 1. The predicted octanol–water partition coefficient (Wildman–Crippen LogP) is 4.91. The van der Waals surface area contributed by atoms with Crippen LogP contribution in [0, 0.1) is 5.82 Å². The minimum atomic E-state index is -0.351. The standard InChI is InChI=1S/C23H20FN5O/c24-16-6-8-17(9-7-16)27-23(30)28-20-4-1-5-21-19(20)10-12-29(21)14-15-13-26-22-18(15)3-2-11-25-22/h1-9,11,13H,10,12,14H2,(H,25,26)(H2,27,28,30). The maximum atomic E-state index is 13.0. The summed E-state index contributed by atoms with van der Waals surface area (Å²) in [6, 6.07) is 15.3. The van der Waals surface area contributed by atoms with Gasteiger partial charge >= 0.3 is 6.03 Å². The lowest BCUT2D eigenvalue weighted by Gasteiger charge is -2.19. The summed E-state index contributed by atoms with van der Waals surface area (Å²) in [7, 11) is 0. The predicted molar refractivity (Wildman–Crippen MR) is 116 cm³/mol. The van der Waals surface area contributed by atoms with E-state index in [0.717, 1.165) is 47.5 Å². The summed E-state index contributed by atoms with van der Waals surface area (Å²) in [4.78, 5) is 22.3. The van der Waals surface area contributed by atoms with E-state index >= 15 is 0 Å². The average Bonchev–Trinajstić information content (AvgIpc) is 3.35. The number of anilines is 3. The van der Waals surface area contributed by atoms with E-state index in [1.54, 1.807) is 6.20 Å². The van der Waals surface area contributed by atoms with Gasteiger partial charge in [0, 0.05) is 53.5 Å². The van der Waals surface area contributed by atoms with Crippen LogP contribution in [0.25, 0.3) is 11.0 Å². The molecule has 0 fully saturated rings. The quantitative estimate of drug-likeness (QED) is 0.455. The first-order valence-corrected chi connectivity index (χ1v) is 9.79. The maximum Gasteiger partial charge on any atom is 0.323 e. The molecule has 2 aromatic carbocycles. The fourth-order valence-electron chi connectivity index (χ4n) is 3.95. The molecule has 150 valence electrons. The number of fused-ring (bicyclic) bond motifs is 2. The van der Waals surface area contributed by atoms with E-state index in [2.05, 4.69) is 37.6 Å². The monoisotopic (exact) mass is 401 g/mol. The van der Waals surface area contributed by atoms with Crippen molar-refractivity contribution < 1.29 is 9.18 Å². The number of rotatable bonds is 4. The van der Waals surface area contributed by atoms with Crippen molar-refractivity contribution in [3.05, 3.63) is 83.9 Å². The Kier molecular flexibility index (Phi) is 4.55. The first-order valence-electron chi connectivity index (χ1n) is 9.79. The van der Waals surface area contributed by atoms with Gasteiger partial charge in [0.25, 0.3) is 0 Å². The molecule has 1 aliphatic rings. The Labute approximate surface area is 172 Å². The SMILES string of the molecule is O=C(Nc1ccc(F)cc1)Nc1cccc2c1CCN2Cc1c[nH]c2ncccc12. The first kappa shape index (κ1) is 18.2. The van der Waals surface area contributed by atoms with Crippen molar-refractivity contribution in [2.45, 2.75) is 13.0 Å². The summed E-state index contributed by atoms with van der Waals surface area (Å²) in [6.07, 6.45) is 4.64. The number of hydrogen-bond donors (Lipinski definition) is 3. The van der Waals surface area contributed by atoms with Crippen LogP contribution in [0.3, 0.4) is 0 Å². The topological polar surface area (TPSA) is 73.1 Å². The lowest BCUT2D eigenvalue weighted by atomic mass is 10.1. The van der Waals surface area contributed by atoms with Gasteiger partial charge in [-0.3, -0.25) is 0 Å². The van der Waals surface area contributed by atoms with Crippen molar-refractivity contribution >= 4 is 34.1 Å². The zero-order valence-electron chi connectivity index (χ0n) is 16.2. The van der Waals surface area contributed by atoms with Crippen LogP contribution in [-0.2, 0) is 13.0 Å². The fraction of sp³-hybridized carbons (Fsp3) is 0.130. The van der Waals surface area contributed by atoms with Gasteiger partial charge in [-0.2, -0.15) is 0 Å². The van der Waals surface area contributed by atoms with Crippen molar-refractivity contribution in [2.24, 2.45) is 0 Å². The minimum absolute atomic E-state index is 0.340. The second-order valence-corrected chi connectivity index (χ2v) is 7.27. The van der Waals surface area contributed by atoms with Crippen molar-refractivity contribution in [3.8, 4) is 0 Å². The van der Waals surface area contributed by atoms with Gasteiger partial charge in [-0.25, -0.2) is 14.2 Å². The van der Waals surface area contributed by atoms with E-state index in [1.807, 2.05) is 24.4 Å². The second kappa shape index (κ2) is 7.51. The van der Waals surface area contributed by atoms with Gasteiger partial charge in [-0.15, -0.1) is 0 Å². The average molecular weight is 401 g/mol. The normalized spacial score (nSPS) is 12.8. The largest absolute Gasteiger partial charge is 0.367 e. The van der Waals surface area contributed by atoms with Crippen LogP contribution < -0.4 is 15.5 Å². The molecule has 6 nitrogen and oxygen atoms in total. The van der Waals surface area contributed by atoms with Gasteiger partial charge in [0.2, 0.25) is 0 Å². The first-order chi connectivity index (χ1) is 14.7. The molecular formula is C23H20FN5O. The minimum Gasteiger partial charge on any atom is -0.367 e. The highest BCUT2D eigenvalue weighted by Crippen LogP contribution is 2.35. The number of carbonyl (C=O) groups is 1. The summed E-state index contributed by atoms with van der Waals surface area (Å²) >= 11 is 0. The van der Waals surface area contributed by atoms with Crippen molar-refractivity contribution in [3.63, 3.8) is 0 Å². The molecule has 3 heterocycles. The zero-order chi connectivity index (χ0) is 20.5. The second-order valence-electron chi connectivity index (χ2n) is 7.27. The summed E-state index contributed by atoms with van der Waals surface area (Å²) in [5.74, 6) is -0.340. The Balaban J connectivity index is 1.33. The van der Waals surface area contributed by atoms with E-state index < -0.39 is 0 Å². The van der Waals surface area contributed by atoms with Gasteiger partial charge in [0.05, 0.1) is 0 Å². The van der Waals surface area contributed by atoms with Crippen LogP contribution in [0.2, 0.25) is 0 Å². The van der Waals surface area contributed by atoms with E-state index in [0.29, 0.717) is 5.69 Å². The highest BCUT2D eigenvalue weighted by Gasteiger charge is 2.23. The lowest BCUT2D eigenvalue weighted by molar-refractivity contribution is 0.262. The van der Waals surface area contributed by atoms with Gasteiger partial charge in [0.1, 0.15) is 11.5 Å². The molecule has 0 saturated carbocycles. The van der Waals surface area contributed by atoms with Crippen LogP contribution in [0.15, 0.2) is 67.0 Å². The number of H-pyrrole nitrogens is 1. The Hall–Kier alpha value is -3.87. The molecule has 0 saturated heterocycles. The highest BCUT2D eigenvalue weighted by molar-refractivity contribution is 6.00. The number of hydrogen-bond acceptors (Lipinski definition) is 3. The number of nitrogens with zero attached hydrogens (tertiary/aromatic N) is 2. The number of amides is 2. The number of nitrogens with one attached hydrogen (secondary N) is 3. The lowest BCUT2D eigenvalue weighted by Crippen LogP contribution is -2.20. The van der Waals surface area contributed by atoms with Gasteiger partial charge in [-0.1, -0.05) is 6.07 Å². The Bertz CT molecular complexity index is 1220. The number of halogens is 1. The van der Waals surface area contributed by atoms with E-state index in [1.165, 1.54) is 29.8 Å². The van der Waals surface area contributed by atoms with Gasteiger partial charge < -0.3 is 20.5 Å². The third kappa shape index (κ3) is 3.45. The number of carbonyl (C=O) groups excluding carboxylic acids is 1. The molecule has 0 atom stereocenters. The van der Waals surface area contributed by atoms with Crippen LogP contribution in [0.1, 0.15) is 11.1 Å². The van der Waals surface area contributed by atoms with Crippen LogP contribution in [0.4, 0.5) is 26.2 Å². The molecule has 4 aromatic rings. The molecule has 7 heteroatoms. The van der Waals surface area contributed by atoms with Crippen LogP contribution in [-0.4, -0.2) is 22.5 Å². The molecule has 2 aromatic heterocycles. The summed E-state index contributed by atoms with van der Waals surface area (Å²) in [6.45, 7) is 1.64. The van der Waals surface area contributed by atoms with Gasteiger partial charge in [-0.05, 0) is 60.5 Å². The van der Waals surface area contributed by atoms with E-state index in [-0.39, 0.29) is 11.8 Å². The molecule has 0 unspecified atom stereocenters. The number of aromatic amines is 1. The third-order valence-corrected chi connectivity index (χ3v) is 5.37. The Morgan fingerprint density at radius 2 is 1.97 bits per heavy atom. The van der Waals surface area contributed by atoms with E-state index in [4.69, 9.17) is 0 Å². The molecule has 30 heavy (non-hydrogen) atoms. The third-order valence-electron chi connectivity index (χ3n) is 5.37. The van der Waals surface area contributed by atoms with Crippen molar-refractivity contribution in [1.82, 2.24) is 9.97 Å². The fourth-order valence-corrected chi connectivity index (χ4v) is 3.95. The molecule has 0 spiro atoms. The zero-order valence-corrected chi connectivity index (χ0v) is 16.2. The van der Waals surface area contributed by atoms with Crippen molar-refractivity contribution in [2.75, 3.05) is 22.1 Å². The molecule has 0 aliphatic carbocycles. The summed E-state index contributed by atoms with van der Waals surface area (Å²) in [5.41, 5.74) is 5.64. The molecule has 0 radical (unpaired) electrons. The van der Waals surface area contributed by atoms with Gasteiger partial charge in [0.15, 0.2) is 0 Å². The molecule has 5 rings (SSSR count). The van der Waals surface area contributed by atoms with Crippen molar-refractivity contribution in [1.29, 1.82) is 0 Å². The van der Waals surface area contributed by atoms with Crippen LogP contribution in [0.5, 0.6) is 0 Å². The smallest absolute Gasteiger partial charge is 0.323 e. The Morgan fingerprint density at radius 3 is 2.83 bits per heavy atom. The molecule has 2 amide bonds. The highest BCUT2D eigenvalue weighted by atomic mass is 19.1.